The first-order valence-electron chi connectivity index (χ1n) is 4.01. The van der Waals surface area contributed by atoms with Crippen molar-refractivity contribution < 1.29 is 9.15 Å². The summed E-state index contributed by atoms with van der Waals surface area (Å²) in [6.07, 6.45) is 1.17. The van der Waals surface area contributed by atoms with Gasteiger partial charge in [-0.3, -0.25) is 0 Å². The molecule has 1 aromatic rings. The van der Waals surface area contributed by atoms with Crippen LogP contribution in [0.25, 0.3) is 0 Å². The molecule has 1 rings (SSSR count). The summed E-state index contributed by atoms with van der Waals surface area (Å²) in [6, 6.07) is 0. The van der Waals surface area contributed by atoms with E-state index < -0.39 is 0 Å². The molecule has 0 saturated carbocycles. The van der Waals surface area contributed by atoms with E-state index in [0.717, 1.165) is 17.9 Å². The Hall–Kier alpha value is -1.03. The van der Waals surface area contributed by atoms with Crippen LogP contribution in [0.5, 0.6) is 6.08 Å². The van der Waals surface area contributed by atoms with Crippen molar-refractivity contribution in [1.29, 1.82) is 0 Å². The van der Waals surface area contributed by atoms with Gasteiger partial charge in [-0.25, -0.2) is 0 Å². The van der Waals surface area contributed by atoms with Crippen molar-refractivity contribution in [1.82, 2.24) is 4.98 Å². The number of nitrogens with zero attached hydrogens (tertiary/aromatic N) is 1. The SMILES string of the molecule is Cc1nc(OCCCN)oc1C. The lowest BCUT2D eigenvalue weighted by Gasteiger charge is -1.97. The molecule has 0 aromatic carbocycles. The minimum absolute atomic E-state index is 0.346. The van der Waals surface area contributed by atoms with Crippen molar-refractivity contribution >= 4 is 0 Å². The minimum atomic E-state index is 0.346. The van der Waals surface area contributed by atoms with Gasteiger partial charge in [-0.2, -0.15) is 4.98 Å². The molecule has 1 aromatic heterocycles. The summed E-state index contributed by atoms with van der Waals surface area (Å²) in [4.78, 5) is 4.05. The van der Waals surface area contributed by atoms with E-state index >= 15 is 0 Å². The van der Waals surface area contributed by atoms with Gasteiger partial charge in [0.05, 0.1) is 12.3 Å². The molecule has 4 heteroatoms. The fourth-order valence-corrected chi connectivity index (χ4v) is 0.748. The van der Waals surface area contributed by atoms with Crippen LogP contribution in [-0.4, -0.2) is 18.1 Å². The molecule has 0 unspecified atom stereocenters. The van der Waals surface area contributed by atoms with Crippen molar-refractivity contribution in [2.45, 2.75) is 20.3 Å². The largest absolute Gasteiger partial charge is 0.450 e. The van der Waals surface area contributed by atoms with E-state index in [-0.39, 0.29) is 0 Å². The number of rotatable bonds is 4. The zero-order valence-electron chi connectivity index (χ0n) is 7.46. The van der Waals surface area contributed by atoms with E-state index in [1.54, 1.807) is 0 Å². The highest BCUT2D eigenvalue weighted by Crippen LogP contribution is 2.14. The highest BCUT2D eigenvalue weighted by atomic mass is 16.6. The van der Waals surface area contributed by atoms with Crippen molar-refractivity contribution in [2.75, 3.05) is 13.2 Å². The average molecular weight is 170 g/mol. The van der Waals surface area contributed by atoms with Crippen molar-refractivity contribution in [2.24, 2.45) is 5.73 Å². The average Bonchev–Trinajstić information content (AvgIpc) is 2.32. The Morgan fingerprint density at radius 3 is 2.75 bits per heavy atom. The zero-order chi connectivity index (χ0) is 8.97. The zero-order valence-corrected chi connectivity index (χ0v) is 7.46. The fourth-order valence-electron chi connectivity index (χ4n) is 0.748. The van der Waals surface area contributed by atoms with Gasteiger partial charge in [0.15, 0.2) is 0 Å². The van der Waals surface area contributed by atoms with Crippen LogP contribution < -0.4 is 10.5 Å². The predicted molar refractivity (Wildman–Crippen MR) is 45.1 cm³/mol. The topological polar surface area (TPSA) is 61.3 Å². The van der Waals surface area contributed by atoms with Crippen LogP contribution in [0.4, 0.5) is 0 Å². The van der Waals surface area contributed by atoms with Gasteiger partial charge in [0.2, 0.25) is 0 Å². The molecule has 0 fully saturated rings. The first-order chi connectivity index (χ1) is 5.74. The van der Waals surface area contributed by atoms with Crippen LogP contribution in [0, 0.1) is 13.8 Å². The second-order valence-corrected chi connectivity index (χ2v) is 2.61. The minimum Gasteiger partial charge on any atom is -0.450 e. The third-order valence-electron chi connectivity index (χ3n) is 1.58. The lowest BCUT2D eigenvalue weighted by atomic mass is 10.4. The predicted octanol–water partition coefficient (Wildman–Crippen LogP) is 1.02. The van der Waals surface area contributed by atoms with Gasteiger partial charge in [-0.15, -0.1) is 0 Å². The molecule has 0 aliphatic rings. The number of hydrogen-bond donors (Lipinski definition) is 1. The molecule has 0 atom stereocenters. The van der Waals surface area contributed by atoms with Crippen molar-refractivity contribution in [3.63, 3.8) is 0 Å². The number of ether oxygens (including phenoxy) is 1. The van der Waals surface area contributed by atoms with E-state index in [1.807, 2.05) is 13.8 Å². The van der Waals surface area contributed by atoms with E-state index in [2.05, 4.69) is 4.98 Å². The molecule has 2 N–H and O–H groups in total. The molecule has 0 aliphatic carbocycles. The molecule has 0 aliphatic heterocycles. The van der Waals surface area contributed by atoms with Gasteiger partial charge in [0, 0.05) is 0 Å². The molecule has 12 heavy (non-hydrogen) atoms. The standard InChI is InChI=1S/C8H14N2O2/c1-6-7(2)12-8(10-6)11-5-3-4-9/h3-5,9H2,1-2H3. The second-order valence-electron chi connectivity index (χ2n) is 2.61. The van der Waals surface area contributed by atoms with Crippen LogP contribution in [-0.2, 0) is 0 Å². The molecule has 4 nitrogen and oxygen atoms in total. The molecule has 0 spiro atoms. The molecule has 0 amide bonds. The van der Waals surface area contributed by atoms with Gasteiger partial charge in [-0.05, 0) is 26.8 Å². The van der Waals surface area contributed by atoms with Crippen LogP contribution >= 0.6 is 0 Å². The van der Waals surface area contributed by atoms with Gasteiger partial charge in [0.1, 0.15) is 5.76 Å². The molecule has 0 bridgehead atoms. The number of nitrogens with two attached hydrogens (primary N) is 1. The van der Waals surface area contributed by atoms with Gasteiger partial charge < -0.3 is 14.9 Å². The quantitative estimate of drug-likeness (QED) is 0.685. The third-order valence-corrected chi connectivity index (χ3v) is 1.58. The summed E-state index contributed by atoms with van der Waals surface area (Å²) in [7, 11) is 0. The van der Waals surface area contributed by atoms with E-state index in [4.69, 9.17) is 14.9 Å². The van der Waals surface area contributed by atoms with Gasteiger partial charge >= 0.3 is 6.08 Å². The highest BCUT2D eigenvalue weighted by Gasteiger charge is 2.04. The lowest BCUT2D eigenvalue weighted by molar-refractivity contribution is 0.225. The Morgan fingerprint density at radius 1 is 1.50 bits per heavy atom. The highest BCUT2D eigenvalue weighted by molar-refractivity contribution is 5.07. The van der Waals surface area contributed by atoms with Crippen LogP contribution in [0.3, 0.4) is 0 Å². The Labute approximate surface area is 71.7 Å². The van der Waals surface area contributed by atoms with Crippen LogP contribution in [0.2, 0.25) is 0 Å². The smallest absolute Gasteiger partial charge is 0.393 e. The summed E-state index contributed by atoms with van der Waals surface area (Å²) in [6.45, 7) is 4.93. The third kappa shape index (κ3) is 2.23. The second kappa shape index (κ2) is 4.11. The summed E-state index contributed by atoms with van der Waals surface area (Å²) >= 11 is 0. The molecule has 0 radical (unpaired) electrons. The van der Waals surface area contributed by atoms with Crippen LogP contribution in [0.1, 0.15) is 17.9 Å². The summed E-state index contributed by atoms with van der Waals surface area (Å²) in [5, 5.41) is 0. The van der Waals surface area contributed by atoms with E-state index in [1.165, 1.54) is 0 Å². The van der Waals surface area contributed by atoms with E-state index in [0.29, 0.717) is 19.2 Å². The summed E-state index contributed by atoms with van der Waals surface area (Å²) in [5.74, 6) is 0.803. The van der Waals surface area contributed by atoms with Crippen molar-refractivity contribution in [3.8, 4) is 6.08 Å². The monoisotopic (exact) mass is 170 g/mol. The molecule has 68 valence electrons. The Bertz CT molecular complexity index is 226. The maximum absolute atomic E-state index is 5.30. The first-order valence-corrected chi connectivity index (χ1v) is 4.01. The normalized spacial score (nSPS) is 10.2. The number of aryl methyl sites for hydroxylation is 2. The first kappa shape index (κ1) is 9.06. The van der Waals surface area contributed by atoms with E-state index in [9.17, 15) is 0 Å². The summed E-state index contributed by atoms with van der Waals surface area (Å²) < 4.78 is 10.4. The van der Waals surface area contributed by atoms with Gasteiger partial charge in [0.25, 0.3) is 0 Å². The number of oxazole rings is 1. The Morgan fingerprint density at radius 2 is 2.25 bits per heavy atom. The van der Waals surface area contributed by atoms with Crippen LogP contribution in [0.15, 0.2) is 4.42 Å². The Balaban J connectivity index is 2.42. The van der Waals surface area contributed by atoms with Crippen molar-refractivity contribution in [3.05, 3.63) is 11.5 Å². The maximum Gasteiger partial charge on any atom is 0.393 e. The molecule has 1 heterocycles. The lowest BCUT2D eigenvalue weighted by Crippen LogP contribution is -2.06. The molecular formula is C8H14N2O2. The molecule has 0 saturated heterocycles. The number of aromatic nitrogens is 1. The van der Waals surface area contributed by atoms with Gasteiger partial charge in [-0.1, -0.05) is 0 Å². The number of hydrogen-bond acceptors (Lipinski definition) is 4. The molecular weight excluding hydrogens is 156 g/mol. The maximum atomic E-state index is 5.30. The fraction of sp³-hybridized carbons (Fsp3) is 0.625. The Kier molecular flexibility index (Phi) is 3.10. The summed E-state index contributed by atoms with van der Waals surface area (Å²) in [5.41, 5.74) is 6.17.